The van der Waals surface area contributed by atoms with Gasteiger partial charge in [-0.2, -0.15) is 4.37 Å². The van der Waals surface area contributed by atoms with E-state index in [1.54, 1.807) is 6.92 Å². The third kappa shape index (κ3) is 3.40. The molecule has 2 rings (SSSR count). The van der Waals surface area contributed by atoms with E-state index < -0.39 is 0 Å². The maximum Gasteiger partial charge on any atom is 0.345 e. The molecule has 0 amide bonds. The van der Waals surface area contributed by atoms with Crippen LogP contribution in [0.1, 0.15) is 30.1 Å². The molecule has 1 aliphatic heterocycles. The number of ether oxygens (including phenoxy) is 1. The van der Waals surface area contributed by atoms with E-state index in [0.29, 0.717) is 12.2 Å². The molecular formula is C13H22N4O2S. The van der Waals surface area contributed by atoms with E-state index in [2.05, 4.69) is 9.27 Å². The first-order valence-corrected chi connectivity index (χ1v) is 7.76. The average molecular weight is 298 g/mol. The quantitative estimate of drug-likeness (QED) is 0.801. The Morgan fingerprint density at radius 1 is 1.50 bits per heavy atom. The largest absolute Gasteiger partial charge is 0.462 e. The molecule has 0 aliphatic carbocycles. The van der Waals surface area contributed by atoms with Gasteiger partial charge < -0.3 is 20.3 Å². The number of hydrogen-bond donors (Lipinski definition) is 1. The molecule has 1 saturated heterocycles. The molecule has 0 spiro atoms. The maximum absolute atomic E-state index is 11.9. The number of likely N-dealkylation sites (tertiary alicyclic amines) is 1. The summed E-state index contributed by atoms with van der Waals surface area (Å²) in [5.74, 6) is -0.127. The van der Waals surface area contributed by atoms with Crippen LogP contribution in [-0.4, -0.2) is 55.1 Å². The highest BCUT2D eigenvalue weighted by atomic mass is 32.1. The Labute approximate surface area is 123 Å². The van der Waals surface area contributed by atoms with Crippen molar-refractivity contribution in [1.82, 2.24) is 9.27 Å². The number of aromatic nitrogens is 1. The third-order valence-corrected chi connectivity index (χ3v) is 4.45. The Bertz CT molecular complexity index is 457. The van der Waals surface area contributed by atoms with Crippen LogP contribution < -0.4 is 10.6 Å². The fourth-order valence-corrected chi connectivity index (χ4v) is 3.13. The molecule has 0 unspecified atom stereocenters. The molecular weight excluding hydrogens is 276 g/mol. The summed E-state index contributed by atoms with van der Waals surface area (Å²) >= 11 is 1.25. The standard InChI is InChI=1S/C13H22N4O2S/c1-3-19-13(18)10-11(14)15-20-12(10)16(2)8-9-17-6-4-5-7-17/h3-9H2,1-2H3,(H2,14,15). The zero-order chi connectivity index (χ0) is 14.5. The van der Waals surface area contributed by atoms with E-state index in [0.717, 1.165) is 18.1 Å². The molecule has 112 valence electrons. The Morgan fingerprint density at radius 2 is 2.20 bits per heavy atom. The first kappa shape index (κ1) is 15.1. The van der Waals surface area contributed by atoms with Gasteiger partial charge in [0.15, 0.2) is 5.82 Å². The van der Waals surface area contributed by atoms with Gasteiger partial charge in [-0.15, -0.1) is 0 Å². The van der Waals surface area contributed by atoms with Gasteiger partial charge in [-0.1, -0.05) is 0 Å². The van der Waals surface area contributed by atoms with Crippen molar-refractivity contribution < 1.29 is 9.53 Å². The van der Waals surface area contributed by atoms with Gasteiger partial charge in [-0.25, -0.2) is 4.79 Å². The predicted molar refractivity (Wildman–Crippen MR) is 81.4 cm³/mol. The van der Waals surface area contributed by atoms with Gasteiger partial charge in [0.25, 0.3) is 0 Å². The molecule has 0 atom stereocenters. The van der Waals surface area contributed by atoms with Gasteiger partial charge in [0.05, 0.1) is 6.61 Å². The summed E-state index contributed by atoms with van der Waals surface area (Å²) in [5.41, 5.74) is 6.19. The summed E-state index contributed by atoms with van der Waals surface area (Å²) in [7, 11) is 1.96. The molecule has 0 radical (unpaired) electrons. The Morgan fingerprint density at radius 3 is 2.85 bits per heavy atom. The van der Waals surface area contributed by atoms with E-state index in [-0.39, 0.29) is 11.8 Å². The lowest BCUT2D eigenvalue weighted by Crippen LogP contribution is -2.31. The van der Waals surface area contributed by atoms with Crippen LogP contribution in [-0.2, 0) is 4.74 Å². The number of anilines is 2. The molecule has 2 heterocycles. The van der Waals surface area contributed by atoms with Crippen LogP contribution in [0.15, 0.2) is 0 Å². The molecule has 7 heteroatoms. The summed E-state index contributed by atoms with van der Waals surface area (Å²) in [6.07, 6.45) is 2.57. The lowest BCUT2D eigenvalue weighted by molar-refractivity contribution is 0.0528. The summed E-state index contributed by atoms with van der Waals surface area (Å²) < 4.78 is 9.13. The second-order valence-electron chi connectivity index (χ2n) is 4.94. The summed E-state index contributed by atoms with van der Waals surface area (Å²) in [6.45, 7) is 6.31. The molecule has 0 aromatic carbocycles. The van der Waals surface area contributed by atoms with Crippen LogP contribution >= 0.6 is 11.5 Å². The monoisotopic (exact) mass is 298 g/mol. The van der Waals surface area contributed by atoms with Crippen molar-refractivity contribution in [1.29, 1.82) is 0 Å². The number of carbonyl (C=O) groups is 1. The van der Waals surface area contributed by atoms with E-state index in [9.17, 15) is 4.79 Å². The lowest BCUT2D eigenvalue weighted by atomic mass is 10.3. The van der Waals surface area contributed by atoms with E-state index in [1.807, 2.05) is 11.9 Å². The third-order valence-electron chi connectivity index (χ3n) is 3.48. The van der Waals surface area contributed by atoms with E-state index >= 15 is 0 Å². The number of rotatable bonds is 6. The molecule has 1 aromatic heterocycles. The van der Waals surface area contributed by atoms with Gasteiger partial charge in [0.1, 0.15) is 10.6 Å². The van der Waals surface area contributed by atoms with Crippen LogP contribution in [0.5, 0.6) is 0 Å². The smallest absolute Gasteiger partial charge is 0.345 e. The van der Waals surface area contributed by atoms with Gasteiger partial charge in [-0.3, -0.25) is 0 Å². The fourth-order valence-electron chi connectivity index (χ4n) is 2.35. The second-order valence-corrected chi connectivity index (χ2v) is 5.69. The second kappa shape index (κ2) is 6.90. The van der Waals surface area contributed by atoms with Gasteiger partial charge in [0.2, 0.25) is 0 Å². The highest BCUT2D eigenvalue weighted by Gasteiger charge is 2.23. The minimum atomic E-state index is -0.387. The molecule has 0 bridgehead atoms. The minimum absolute atomic E-state index is 0.261. The Balaban J connectivity index is 2.01. The van der Waals surface area contributed by atoms with Crippen LogP contribution in [0, 0.1) is 0 Å². The van der Waals surface area contributed by atoms with Crippen molar-refractivity contribution in [3.05, 3.63) is 5.56 Å². The van der Waals surface area contributed by atoms with Crippen LogP contribution in [0.2, 0.25) is 0 Å². The van der Waals surface area contributed by atoms with Crippen LogP contribution in [0.4, 0.5) is 10.8 Å². The lowest BCUT2D eigenvalue weighted by Gasteiger charge is -2.22. The topological polar surface area (TPSA) is 71.7 Å². The van der Waals surface area contributed by atoms with E-state index in [4.69, 9.17) is 10.5 Å². The zero-order valence-electron chi connectivity index (χ0n) is 12.1. The first-order valence-electron chi connectivity index (χ1n) is 6.99. The molecule has 6 nitrogen and oxygen atoms in total. The summed E-state index contributed by atoms with van der Waals surface area (Å²) in [5, 5.41) is 0.792. The molecule has 2 N–H and O–H groups in total. The van der Waals surface area contributed by atoms with Crippen molar-refractivity contribution >= 4 is 28.3 Å². The van der Waals surface area contributed by atoms with Crippen LogP contribution in [0.25, 0.3) is 0 Å². The average Bonchev–Trinajstić information content (AvgIpc) is 3.05. The van der Waals surface area contributed by atoms with Crippen LogP contribution in [0.3, 0.4) is 0 Å². The molecule has 1 aliphatic rings. The molecule has 1 fully saturated rings. The number of nitrogens with two attached hydrogens (primary N) is 1. The number of esters is 1. The first-order chi connectivity index (χ1) is 9.63. The predicted octanol–water partition coefficient (Wildman–Crippen LogP) is 1.43. The van der Waals surface area contributed by atoms with Gasteiger partial charge >= 0.3 is 5.97 Å². The minimum Gasteiger partial charge on any atom is -0.462 e. The van der Waals surface area contributed by atoms with Crippen molar-refractivity contribution in [3.63, 3.8) is 0 Å². The highest BCUT2D eigenvalue weighted by Crippen LogP contribution is 2.30. The number of hydrogen-bond acceptors (Lipinski definition) is 7. The molecule has 0 saturated carbocycles. The molecule has 1 aromatic rings. The van der Waals surface area contributed by atoms with Gasteiger partial charge in [0, 0.05) is 20.1 Å². The van der Waals surface area contributed by atoms with Crippen molar-refractivity contribution in [2.45, 2.75) is 19.8 Å². The Hall–Kier alpha value is -1.34. The summed E-state index contributed by atoms with van der Waals surface area (Å²) in [6, 6.07) is 0. The van der Waals surface area contributed by atoms with Crippen molar-refractivity contribution in [3.8, 4) is 0 Å². The SMILES string of the molecule is CCOC(=O)c1c(N)nsc1N(C)CCN1CCCC1. The van der Waals surface area contributed by atoms with E-state index in [1.165, 1.54) is 37.5 Å². The van der Waals surface area contributed by atoms with Crippen molar-refractivity contribution in [2.75, 3.05) is 50.5 Å². The number of nitrogens with zero attached hydrogens (tertiary/aromatic N) is 3. The fraction of sp³-hybridized carbons (Fsp3) is 0.692. The maximum atomic E-state index is 11.9. The molecule has 20 heavy (non-hydrogen) atoms. The van der Waals surface area contributed by atoms with Crippen molar-refractivity contribution in [2.24, 2.45) is 0 Å². The normalized spacial score (nSPS) is 15.5. The number of likely N-dealkylation sites (N-methyl/N-ethyl adjacent to an activating group) is 1. The Kier molecular flexibility index (Phi) is 5.19. The number of carbonyl (C=O) groups excluding carboxylic acids is 1. The summed E-state index contributed by atoms with van der Waals surface area (Å²) in [4.78, 5) is 16.4. The number of nitrogen functional groups attached to an aromatic ring is 1. The zero-order valence-corrected chi connectivity index (χ0v) is 12.9. The highest BCUT2D eigenvalue weighted by molar-refractivity contribution is 7.11. The van der Waals surface area contributed by atoms with Gasteiger partial charge in [-0.05, 0) is 44.4 Å².